The summed E-state index contributed by atoms with van der Waals surface area (Å²) in [6.07, 6.45) is 0.0556. The Hall–Kier alpha value is -1.87. The number of carbonyl (C=O) groups excluding carboxylic acids is 1. The van der Waals surface area contributed by atoms with Crippen molar-refractivity contribution in [2.75, 3.05) is 5.73 Å². The van der Waals surface area contributed by atoms with E-state index in [1.807, 2.05) is 0 Å². The summed E-state index contributed by atoms with van der Waals surface area (Å²) in [5, 5.41) is -0.00486. The third-order valence-electron chi connectivity index (χ3n) is 2.59. The van der Waals surface area contributed by atoms with Gasteiger partial charge in [0, 0.05) is 17.7 Å². The minimum absolute atomic E-state index is 0.00486. The van der Waals surface area contributed by atoms with Gasteiger partial charge >= 0.3 is 0 Å². The molecule has 0 spiro atoms. The maximum Gasteiger partial charge on any atom is 0.167 e. The molecule has 0 aliphatic rings. The smallest absolute Gasteiger partial charge is 0.167 e. The summed E-state index contributed by atoms with van der Waals surface area (Å²) in [7, 11) is 0. The zero-order chi connectivity index (χ0) is 13.1. The molecule has 2 nitrogen and oxygen atoms in total. The fraction of sp³-hybridized carbons (Fsp3) is 0.0714. The molecule has 18 heavy (non-hydrogen) atoms. The summed E-state index contributed by atoms with van der Waals surface area (Å²) < 4.78 is 13.2. The van der Waals surface area contributed by atoms with Crippen LogP contribution in [0, 0.1) is 5.82 Å². The number of hydrogen-bond donors (Lipinski definition) is 1. The lowest BCUT2D eigenvalue weighted by atomic mass is 10.0. The number of anilines is 1. The summed E-state index contributed by atoms with van der Waals surface area (Å²) in [5.41, 5.74) is 7.10. The average molecular weight is 264 g/mol. The molecule has 0 aliphatic heterocycles. The van der Waals surface area contributed by atoms with Crippen LogP contribution in [0.15, 0.2) is 42.5 Å². The molecule has 0 aromatic heterocycles. The third-order valence-corrected chi connectivity index (χ3v) is 3.01. The lowest BCUT2D eigenvalue weighted by Gasteiger charge is -2.05. The molecule has 0 radical (unpaired) electrons. The van der Waals surface area contributed by atoms with Crippen molar-refractivity contribution < 1.29 is 9.18 Å². The summed E-state index contributed by atoms with van der Waals surface area (Å²) in [6.45, 7) is 0. The largest absolute Gasteiger partial charge is 0.399 e. The van der Waals surface area contributed by atoms with Gasteiger partial charge < -0.3 is 5.73 Å². The molecule has 0 saturated carbocycles. The molecule has 92 valence electrons. The van der Waals surface area contributed by atoms with Crippen LogP contribution in [0.25, 0.3) is 0 Å². The zero-order valence-corrected chi connectivity index (χ0v) is 10.2. The summed E-state index contributed by atoms with van der Waals surface area (Å²) >= 11 is 5.80. The molecule has 4 heteroatoms. The maximum atomic E-state index is 13.2. The summed E-state index contributed by atoms with van der Waals surface area (Å²) in [5.74, 6) is -0.663. The SMILES string of the molecule is Nc1cccc(C(=O)Cc2cccc(F)c2Cl)c1. The number of nitrogen functional groups attached to an aromatic ring is 1. The van der Waals surface area contributed by atoms with Gasteiger partial charge in [-0.25, -0.2) is 4.39 Å². The standard InChI is InChI=1S/C14H11ClFNO/c15-14-10(4-2-6-12(14)16)8-13(18)9-3-1-5-11(17)7-9/h1-7H,8,17H2. The van der Waals surface area contributed by atoms with Crippen LogP contribution in [0.4, 0.5) is 10.1 Å². The van der Waals surface area contributed by atoms with Gasteiger partial charge in [-0.3, -0.25) is 4.79 Å². The predicted octanol–water partition coefficient (Wildman–Crippen LogP) is 3.49. The number of halogens is 2. The van der Waals surface area contributed by atoms with Crippen LogP contribution in [0.5, 0.6) is 0 Å². The van der Waals surface area contributed by atoms with Crippen molar-refractivity contribution in [3.05, 3.63) is 64.4 Å². The summed E-state index contributed by atoms with van der Waals surface area (Å²) in [6, 6.07) is 11.1. The van der Waals surface area contributed by atoms with Crippen molar-refractivity contribution in [2.24, 2.45) is 0 Å². The Labute approximate surface area is 109 Å². The van der Waals surface area contributed by atoms with Gasteiger partial charge in [-0.2, -0.15) is 0 Å². The van der Waals surface area contributed by atoms with Gasteiger partial charge in [0.25, 0.3) is 0 Å². The van der Waals surface area contributed by atoms with Gasteiger partial charge in [0.2, 0.25) is 0 Å². The van der Waals surface area contributed by atoms with Crippen molar-refractivity contribution in [3.8, 4) is 0 Å². The van der Waals surface area contributed by atoms with E-state index >= 15 is 0 Å². The number of rotatable bonds is 3. The lowest BCUT2D eigenvalue weighted by molar-refractivity contribution is 0.0993. The number of carbonyl (C=O) groups is 1. The van der Waals surface area contributed by atoms with Crippen molar-refractivity contribution >= 4 is 23.1 Å². The van der Waals surface area contributed by atoms with E-state index in [-0.39, 0.29) is 17.2 Å². The lowest BCUT2D eigenvalue weighted by Crippen LogP contribution is -2.05. The monoisotopic (exact) mass is 263 g/mol. The maximum absolute atomic E-state index is 13.2. The normalized spacial score (nSPS) is 10.3. The highest BCUT2D eigenvalue weighted by molar-refractivity contribution is 6.31. The van der Waals surface area contributed by atoms with Crippen LogP contribution < -0.4 is 5.73 Å². The minimum atomic E-state index is -0.519. The highest BCUT2D eigenvalue weighted by Crippen LogP contribution is 2.21. The number of Topliss-reactive ketones (excluding diaryl/α,β-unsaturated/α-hetero) is 1. The molecular formula is C14H11ClFNO. The van der Waals surface area contributed by atoms with E-state index in [1.54, 1.807) is 30.3 Å². The first kappa shape index (κ1) is 12.6. The Balaban J connectivity index is 2.24. The molecule has 0 amide bonds. The first-order valence-electron chi connectivity index (χ1n) is 5.39. The summed E-state index contributed by atoms with van der Waals surface area (Å²) in [4.78, 5) is 12.0. The number of benzene rings is 2. The molecule has 0 saturated heterocycles. The van der Waals surface area contributed by atoms with Gasteiger partial charge in [0.05, 0.1) is 5.02 Å². The minimum Gasteiger partial charge on any atom is -0.399 e. The Morgan fingerprint density at radius 2 is 1.94 bits per heavy atom. The third kappa shape index (κ3) is 2.68. The molecule has 2 aromatic carbocycles. The van der Waals surface area contributed by atoms with E-state index in [0.717, 1.165) is 0 Å². The highest BCUT2D eigenvalue weighted by Gasteiger charge is 2.12. The predicted molar refractivity (Wildman–Crippen MR) is 70.3 cm³/mol. The second-order valence-corrected chi connectivity index (χ2v) is 4.32. The van der Waals surface area contributed by atoms with Crippen LogP contribution in [0.2, 0.25) is 5.02 Å². The molecule has 0 bridgehead atoms. The van der Waals surface area contributed by atoms with Crippen LogP contribution in [0.1, 0.15) is 15.9 Å². The van der Waals surface area contributed by atoms with Gasteiger partial charge in [0.1, 0.15) is 5.82 Å². The van der Waals surface area contributed by atoms with E-state index in [9.17, 15) is 9.18 Å². The van der Waals surface area contributed by atoms with Gasteiger partial charge in [-0.05, 0) is 23.8 Å². The van der Waals surface area contributed by atoms with Crippen molar-refractivity contribution in [2.45, 2.75) is 6.42 Å². The number of nitrogens with two attached hydrogens (primary N) is 1. The topological polar surface area (TPSA) is 43.1 Å². The zero-order valence-electron chi connectivity index (χ0n) is 9.49. The van der Waals surface area contributed by atoms with Gasteiger partial charge in [-0.1, -0.05) is 35.9 Å². The highest BCUT2D eigenvalue weighted by atomic mass is 35.5. The van der Waals surface area contributed by atoms with E-state index in [1.165, 1.54) is 12.1 Å². The van der Waals surface area contributed by atoms with Crippen LogP contribution in [0.3, 0.4) is 0 Å². The Morgan fingerprint density at radius 1 is 1.22 bits per heavy atom. The van der Waals surface area contributed by atoms with E-state index in [2.05, 4.69) is 0 Å². The molecular weight excluding hydrogens is 253 g/mol. The molecule has 2 N–H and O–H groups in total. The first-order chi connectivity index (χ1) is 8.58. The first-order valence-corrected chi connectivity index (χ1v) is 5.77. The van der Waals surface area contributed by atoms with Crippen molar-refractivity contribution in [3.63, 3.8) is 0 Å². The second-order valence-electron chi connectivity index (χ2n) is 3.94. The molecule has 2 rings (SSSR count). The molecule has 0 aliphatic carbocycles. The molecule has 0 unspecified atom stereocenters. The second kappa shape index (κ2) is 5.19. The quantitative estimate of drug-likeness (QED) is 0.680. The van der Waals surface area contributed by atoms with Crippen molar-refractivity contribution in [1.82, 2.24) is 0 Å². The van der Waals surface area contributed by atoms with Gasteiger partial charge in [0.15, 0.2) is 5.78 Å². The van der Waals surface area contributed by atoms with E-state index in [4.69, 9.17) is 17.3 Å². The Bertz CT molecular complexity index is 598. The van der Waals surface area contributed by atoms with E-state index in [0.29, 0.717) is 16.8 Å². The fourth-order valence-electron chi connectivity index (χ4n) is 1.67. The van der Waals surface area contributed by atoms with Crippen molar-refractivity contribution in [1.29, 1.82) is 0 Å². The van der Waals surface area contributed by atoms with E-state index < -0.39 is 5.82 Å². The van der Waals surface area contributed by atoms with Crippen LogP contribution in [-0.4, -0.2) is 5.78 Å². The van der Waals surface area contributed by atoms with Gasteiger partial charge in [-0.15, -0.1) is 0 Å². The Morgan fingerprint density at radius 3 is 2.67 bits per heavy atom. The van der Waals surface area contributed by atoms with Crippen LogP contribution >= 0.6 is 11.6 Å². The van der Waals surface area contributed by atoms with Crippen LogP contribution in [-0.2, 0) is 6.42 Å². The number of ketones is 1. The average Bonchev–Trinajstić information content (AvgIpc) is 2.35. The fourth-order valence-corrected chi connectivity index (χ4v) is 1.86. The molecule has 0 heterocycles. The molecule has 0 fully saturated rings. The molecule has 2 aromatic rings. The Kier molecular flexibility index (Phi) is 3.63. The molecule has 0 atom stereocenters. The number of hydrogen-bond acceptors (Lipinski definition) is 2.